The molecule has 19 heavy (non-hydrogen) atoms. The molecule has 3 nitrogen and oxygen atoms in total. The van der Waals surface area contributed by atoms with Crippen LogP contribution in [0.15, 0.2) is 21.0 Å². The van der Waals surface area contributed by atoms with Crippen LogP contribution in [0.2, 0.25) is 0 Å². The first-order valence-corrected chi connectivity index (χ1v) is 7.25. The smallest absolute Gasteiger partial charge is 0.138 e. The first kappa shape index (κ1) is 14.6. The van der Waals surface area contributed by atoms with Crippen molar-refractivity contribution in [2.45, 2.75) is 40.0 Å². The molecule has 0 fully saturated rings. The Kier molecular flexibility index (Phi) is 4.66. The summed E-state index contributed by atoms with van der Waals surface area (Å²) < 4.78 is 12.4. The molecule has 1 heterocycles. The van der Waals surface area contributed by atoms with E-state index in [4.69, 9.17) is 9.15 Å². The first-order chi connectivity index (χ1) is 9.04. The third-order valence-electron chi connectivity index (χ3n) is 3.13. The first-order valence-electron chi connectivity index (χ1n) is 6.46. The average Bonchev–Trinajstić information content (AvgIpc) is 2.72. The summed E-state index contributed by atoms with van der Waals surface area (Å²) in [5, 5.41) is 4.52. The minimum absolute atomic E-state index is 0.424. The number of benzene rings is 1. The molecule has 0 atom stereocenters. The van der Waals surface area contributed by atoms with Crippen LogP contribution < -0.4 is 5.32 Å². The second-order valence-electron chi connectivity index (χ2n) is 5.04. The molecule has 4 heteroatoms. The zero-order chi connectivity index (χ0) is 14.0. The van der Waals surface area contributed by atoms with E-state index in [-0.39, 0.29) is 0 Å². The third-order valence-corrected chi connectivity index (χ3v) is 3.79. The van der Waals surface area contributed by atoms with Crippen molar-refractivity contribution in [1.82, 2.24) is 5.32 Å². The third kappa shape index (κ3) is 3.02. The lowest BCUT2D eigenvalue weighted by atomic mass is 10.1. The summed E-state index contributed by atoms with van der Waals surface area (Å²) in [6.07, 6.45) is 0. The van der Waals surface area contributed by atoms with Gasteiger partial charge in [-0.15, -0.1) is 0 Å². The molecule has 1 aromatic carbocycles. The molecular formula is C15H20BrNO2. The van der Waals surface area contributed by atoms with Gasteiger partial charge in [-0.2, -0.15) is 0 Å². The molecule has 0 saturated carbocycles. The Hall–Kier alpha value is -0.840. The lowest BCUT2D eigenvalue weighted by Crippen LogP contribution is -2.22. The summed E-state index contributed by atoms with van der Waals surface area (Å²) >= 11 is 3.61. The van der Waals surface area contributed by atoms with Crippen LogP contribution in [0.5, 0.6) is 0 Å². The van der Waals surface area contributed by atoms with Gasteiger partial charge in [-0.1, -0.05) is 35.8 Å². The monoisotopic (exact) mass is 325 g/mol. The molecule has 2 rings (SSSR count). The highest BCUT2D eigenvalue weighted by Crippen LogP contribution is 2.34. The van der Waals surface area contributed by atoms with Crippen LogP contribution >= 0.6 is 15.9 Å². The van der Waals surface area contributed by atoms with Crippen molar-refractivity contribution in [3.8, 4) is 0 Å². The summed E-state index contributed by atoms with van der Waals surface area (Å²) in [6.45, 7) is 7.59. The van der Waals surface area contributed by atoms with Crippen molar-refractivity contribution in [3.63, 3.8) is 0 Å². The normalized spacial score (nSPS) is 11.7. The highest BCUT2D eigenvalue weighted by atomic mass is 79.9. The second kappa shape index (κ2) is 6.07. The number of ether oxygens (including phenoxy) is 1. The lowest BCUT2D eigenvalue weighted by Gasteiger charge is -2.07. The van der Waals surface area contributed by atoms with E-state index in [9.17, 15) is 0 Å². The number of nitrogens with one attached hydrogen (secondary N) is 1. The van der Waals surface area contributed by atoms with Gasteiger partial charge in [0, 0.05) is 28.6 Å². The Morgan fingerprint density at radius 1 is 1.37 bits per heavy atom. The van der Waals surface area contributed by atoms with Gasteiger partial charge >= 0.3 is 0 Å². The van der Waals surface area contributed by atoms with Gasteiger partial charge in [-0.25, -0.2) is 0 Å². The van der Waals surface area contributed by atoms with Crippen LogP contribution in [-0.4, -0.2) is 13.2 Å². The summed E-state index contributed by atoms with van der Waals surface area (Å²) in [6, 6.07) is 4.55. The van der Waals surface area contributed by atoms with Crippen LogP contribution in [-0.2, 0) is 17.9 Å². The number of hydrogen-bond acceptors (Lipinski definition) is 3. The molecule has 0 amide bonds. The molecule has 0 aliphatic rings. The van der Waals surface area contributed by atoms with E-state index in [0.29, 0.717) is 12.6 Å². The minimum Gasteiger partial charge on any atom is -0.459 e. The standard InChI is InChI=1S/C15H20BrNO2/c1-9(2)17-7-13-11(8-18-4)14-12(16)6-5-10(3)15(14)19-13/h5-6,9,17H,7-8H2,1-4H3. The molecule has 2 aromatic rings. The van der Waals surface area contributed by atoms with Crippen molar-refractivity contribution < 1.29 is 9.15 Å². The van der Waals surface area contributed by atoms with Gasteiger partial charge in [0.1, 0.15) is 11.3 Å². The summed E-state index contributed by atoms with van der Waals surface area (Å²) in [5.74, 6) is 0.959. The Balaban J connectivity index is 2.53. The van der Waals surface area contributed by atoms with E-state index in [2.05, 4.69) is 54.2 Å². The maximum Gasteiger partial charge on any atom is 0.138 e. The summed E-state index contributed by atoms with van der Waals surface area (Å²) in [7, 11) is 1.71. The molecule has 0 aliphatic carbocycles. The zero-order valence-corrected chi connectivity index (χ0v) is 13.4. The fraction of sp³-hybridized carbons (Fsp3) is 0.467. The van der Waals surface area contributed by atoms with E-state index in [1.165, 1.54) is 0 Å². The molecule has 0 unspecified atom stereocenters. The van der Waals surface area contributed by atoms with Gasteiger partial charge in [-0.05, 0) is 18.6 Å². The van der Waals surface area contributed by atoms with Crippen LogP contribution in [0.1, 0.15) is 30.7 Å². The van der Waals surface area contributed by atoms with Crippen LogP contribution in [0.25, 0.3) is 11.0 Å². The molecule has 1 N–H and O–H groups in total. The Labute approximate surface area is 122 Å². The number of hydrogen-bond donors (Lipinski definition) is 1. The van der Waals surface area contributed by atoms with E-state index >= 15 is 0 Å². The maximum atomic E-state index is 6.04. The van der Waals surface area contributed by atoms with Crippen molar-refractivity contribution in [2.75, 3.05) is 7.11 Å². The van der Waals surface area contributed by atoms with Gasteiger partial charge in [0.2, 0.25) is 0 Å². The van der Waals surface area contributed by atoms with Crippen molar-refractivity contribution in [3.05, 3.63) is 33.5 Å². The van der Waals surface area contributed by atoms with Gasteiger partial charge in [0.05, 0.1) is 13.2 Å². The summed E-state index contributed by atoms with van der Waals surface area (Å²) in [4.78, 5) is 0. The van der Waals surface area contributed by atoms with Gasteiger partial charge in [-0.3, -0.25) is 0 Å². The molecule has 0 radical (unpaired) electrons. The van der Waals surface area contributed by atoms with Gasteiger partial charge in [0.15, 0.2) is 0 Å². The Morgan fingerprint density at radius 3 is 2.74 bits per heavy atom. The quantitative estimate of drug-likeness (QED) is 0.896. The maximum absolute atomic E-state index is 6.04. The zero-order valence-electron chi connectivity index (χ0n) is 11.8. The summed E-state index contributed by atoms with van der Waals surface area (Å²) in [5.41, 5.74) is 3.22. The average molecular weight is 326 g/mol. The van der Waals surface area contributed by atoms with Crippen molar-refractivity contribution >= 4 is 26.9 Å². The van der Waals surface area contributed by atoms with Gasteiger partial charge in [0.25, 0.3) is 0 Å². The number of fused-ring (bicyclic) bond motifs is 1. The minimum atomic E-state index is 0.424. The van der Waals surface area contributed by atoms with Crippen LogP contribution in [0.4, 0.5) is 0 Å². The lowest BCUT2D eigenvalue weighted by molar-refractivity contribution is 0.183. The molecular weight excluding hydrogens is 306 g/mol. The molecule has 0 aliphatic heterocycles. The predicted molar refractivity (Wildman–Crippen MR) is 81.3 cm³/mol. The largest absolute Gasteiger partial charge is 0.459 e. The fourth-order valence-corrected chi connectivity index (χ4v) is 2.69. The fourth-order valence-electron chi connectivity index (χ4n) is 2.14. The highest BCUT2D eigenvalue weighted by Gasteiger charge is 2.17. The van der Waals surface area contributed by atoms with Crippen LogP contribution in [0.3, 0.4) is 0 Å². The van der Waals surface area contributed by atoms with Gasteiger partial charge < -0.3 is 14.5 Å². The number of methoxy groups -OCH3 is 1. The Morgan fingerprint density at radius 2 is 2.11 bits per heavy atom. The Bertz CT molecular complexity index is 575. The van der Waals surface area contributed by atoms with E-state index in [1.807, 2.05) is 0 Å². The number of rotatable bonds is 5. The van der Waals surface area contributed by atoms with E-state index < -0.39 is 0 Å². The van der Waals surface area contributed by atoms with E-state index in [1.54, 1.807) is 7.11 Å². The highest BCUT2D eigenvalue weighted by molar-refractivity contribution is 9.10. The predicted octanol–water partition coefficient (Wildman–Crippen LogP) is 4.15. The molecule has 0 bridgehead atoms. The number of aryl methyl sites for hydroxylation is 1. The topological polar surface area (TPSA) is 34.4 Å². The SMILES string of the molecule is COCc1c(CNC(C)C)oc2c(C)ccc(Br)c12. The second-order valence-corrected chi connectivity index (χ2v) is 5.90. The molecule has 1 aromatic heterocycles. The molecule has 0 saturated heterocycles. The van der Waals surface area contributed by atoms with Crippen molar-refractivity contribution in [2.24, 2.45) is 0 Å². The molecule has 0 spiro atoms. The molecule has 104 valence electrons. The van der Waals surface area contributed by atoms with Crippen molar-refractivity contribution in [1.29, 1.82) is 0 Å². The van der Waals surface area contributed by atoms with Crippen LogP contribution in [0, 0.1) is 6.92 Å². The van der Waals surface area contributed by atoms with E-state index in [0.717, 1.165) is 38.9 Å². The number of halogens is 1. The number of furan rings is 1.